The highest BCUT2D eigenvalue weighted by molar-refractivity contribution is 5.84. The lowest BCUT2D eigenvalue weighted by atomic mass is 10.1. The van der Waals surface area contributed by atoms with E-state index in [9.17, 15) is 14.7 Å². The van der Waals surface area contributed by atoms with E-state index in [1.165, 1.54) is 0 Å². The summed E-state index contributed by atoms with van der Waals surface area (Å²) in [6, 6.07) is 7.73. The molecule has 0 saturated heterocycles. The number of carbonyl (C=O) groups is 2. The Labute approximate surface area is 119 Å². The van der Waals surface area contributed by atoms with E-state index in [2.05, 4.69) is 5.32 Å². The zero-order valence-corrected chi connectivity index (χ0v) is 11.5. The molecular weight excluding hydrogens is 256 g/mol. The third-order valence-electron chi connectivity index (χ3n) is 3.04. The first-order valence-corrected chi connectivity index (χ1v) is 6.92. The molecule has 1 atom stereocenters. The summed E-state index contributed by atoms with van der Waals surface area (Å²) >= 11 is 0. The standard InChI is InChI=1S/C15H22N2O3/c16-11-7-2-1-6-10-13(18)17-14(15(19)20)12-8-4-3-5-9-12/h3-5,8-9,14H,1-2,6-7,10-11,16H2,(H,17,18)(H,19,20)/t14-/m1/s1. The number of carbonyl (C=O) groups excluding carboxylic acids is 1. The number of rotatable bonds is 9. The lowest BCUT2D eigenvalue weighted by Crippen LogP contribution is -2.33. The van der Waals surface area contributed by atoms with E-state index in [1.807, 2.05) is 6.07 Å². The fraction of sp³-hybridized carbons (Fsp3) is 0.467. The molecule has 0 aliphatic carbocycles. The third-order valence-corrected chi connectivity index (χ3v) is 3.04. The first-order chi connectivity index (χ1) is 9.65. The van der Waals surface area contributed by atoms with Crippen LogP contribution in [-0.4, -0.2) is 23.5 Å². The summed E-state index contributed by atoms with van der Waals surface area (Å²) < 4.78 is 0. The maximum absolute atomic E-state index is 11.8. The van der Waals surface area contributed by atoms with Gasteiger partial charge >= 0.3 is 5.97 Å². The van der Waals surface area contributed by atoms with Gasteiger partial charge in [0.15, 0.2) is 6.04 Å². The Morgan fingerprint density at radius 1 is 1.10 bits per heavy atom. The average Bonchev–Trinajstić information content (AvgIpc) is 2.45. The minimum atomic E-state index is -1.05. The quantitative estimate of drug-likeness (QED) is 0.601. The highest BCUT2D eigenvalue weighted by atomic mass is 16.4. The van der Waals surface area contributed by atoms with E-state index in [0.717, 1.165) is 25.7 Å². The van der Waals surface area contributed by atoms with Gasteiger partial charge in [-0.05, 0) is 24.9 Å². The Balaban J connectivity index is 2.43. The minimum Gasteiger partial charge on any atom is -0.479 e. The Hall–Kier alpha value is -1.88. The van der Waals surface area contributed by atoms with Crippen molar-refractivity contribution in [3.05, 3.63) is 35.9 Å². The molecule has 1 amide bonds. The van der Waals surface area contributed by atoms with E-state index in [4.69, 9.17) is 5.73 Å². The van der Waals surface area contributed by atoms with Crippen LogP contribution in [-0.2, 0) is 9.59 Å². The molecule has 0 unspecified atom stereocenters. The van der Waals surface area contributed by atoms with Gasteiger partial charge in [-0.1, -0.05) is 43.2 Å². The van der Waals surface area contributed by atoms with E-state index >= 15 is 0 Å². The molecule has 1 aromatic rings. The monoisotopic (exact) mass is 278 g/mol. The van der Waals surface area contributed by atoms with Crippen molar-refractivity contribution in [1.29, 1.82) is 0 Å². The van der Waals surface area contributed by atoms with Gasteiger partial charge in [0.25, 0.3) is 0 Å². The number of hydrogen-bond acceptors (Lipinski definition) is 3. The number of nitrogens with one attached hydrogen (secondary N) is 1. The van der Waals surface area contributed by atoms with Gasteiger partial charge in [0, 0.05) is 6.42 Å². The van der Waals surface area contributed by atoms with Gasteiger partial charge in [0.05, 0.1) is 0 Å². The van der Waals surface area contributed by atoms with Crippen LogP contribution in [0.3, 0.4) is 0 Å². The zero-order chi connectivity index (χ0) is 14.8. The van der Waals surface area contributed by atoms with Gasteiger partial charge in [-0.25, -0.2) is 4.79 Å². The van der Waals surface area contributed by atoms with Gasteiger partial charge in [-0.15, -0.1) is 0 Å². The smallest absolute Gasteiger partial charge is 0.330 e. The van der Waals surface area contributed by atoms with Crippen LogP contribution < -0.4 is 11.1 Å². The number of hydrogen-bond donors (Lipinski definition) is 3. The molecule has 0 bridgehead atoms. The highest BCUT2D eigenvalue weighted by Crippen LogP contribution is 2.13. The van der Waals surface area contributed by atoms with E-state index in [-0.39, 0.29) is 5.91 Å². The number of unbranched alkanes of at least 4 members (excludes halogenated alkanes) is 3. The molecule has 5 heteroatoms. The molecule has 4 N–H and O–H groups in total. The van der Waals surface area contributed by atoms with Crippen molar-refractivity contribution in [3.8, 4) is 0 Å². The van der Waals surface area contributed by atoms with Gasteiger partial charge < -0.3 is 16.2 Å². The minimum absolute atomic E-state index is 0.228. The van der Waals surface area contributed by atoms with Gasteiger partial charge in [0.2, 0.25) is 5.91 Å². The fourth-order valence-electron chi connectivity index (χ4n) is 1.95. The second-order valence-electron chi connectivity index (χ2n) is 4.70. The number of amides is 1. The van der Waals surface area contributed by atoms with E-state index in [1.54, 1.807) is 24.3 Å². The summed E-state index contributed by atoms with van der Waals surface area (Å²) in [5.74, 6) is -1.28. The molecule has 20 heavy (non-hydrogen) atoms. The van der Waals surface area contributed by atoms with Crippen LogP contribution in [0.1, 0.15) is 43.7 Å². The first-order valence-electron chi connectivity index (χ1n) is 6.92. The molecule has 0 radical (unpaired) electrons. The van der Waals surface area contributed by atoms with Crippen LogP contribution in [0.4, 0.5) is 0 Å². The Bertz CT molecular complexity index is 420. The summed E-state index contributed by atoms with van der Waals surface area (Å²) in [5.41, 5.74) is 5.97. The first kappa shape index (κ1) is 16.2. The average molecular weight is 278 g/mol. The second kappa shape index (κ2) is 9.09. The van der Waals surface area contributed by atoms with Gasteiger partial charge in [0.1, 0.15) is 0 Å². The summed E-state index contributed by atoms with van der Waals surface area (Å²) in [6.45, 7) is 0.668. The van der Waals surface area contributed by atoms with Crippen LogP contribution in [0.15, 0.2) is 30.3 Å². The molecule has 0 heterocycles. The van der Waals surface area contributed by atoms with Crippen LogP contribution in [0.5, 0.6) is 0 Å². The van der Waals surface area contributed by atoms with Gasteiger partial charge in [-0.3, -0.25) is 4.79 Å². The third kappa shape index (κ3) is 5.84. The van der Waals surface area contributed by atoms with Crippen molar-refractivity contribution in [2.45, 2.75) is 38.1 Å². The Morgan fingerprint density at radius 3 is 2.35 bits per heavy atom. The fourth-order valence-corrected chi connectivity index (χ4v) is 1.95. The Kier molecular flexibility index (Phi) is 7.35. The van der Waals surface area contributed by atoms with Crippen molar-refractivity contribution in [1.82, 2.24) is 5.32 Å². The molecule has 0 fully saturated rings. The zero-order valence-electron chi connectivity index (χ0n) is 11.5. The number of carboxylic acid groups (broad SMARTS) is 1. The molecule has 0 aliphatic rings. The molecule has 110 valence electrons. The molecule has 0 aromatic heterocycles. The highest BCUT2D eigenvalue weighted by Gasteiger charge is 2.21. The second-order valence-corrected chi connectivity index (χ2v) is 4.70. The van der Waals surface area contributed by atoms with Crippen LogP contribution >= 0.6 is 0 Å². The van der Waals surface area contributed by atoms with Crippen molar-refractivity contribution >= 4 is 11.9 Å². The van der Waals surface area contributed by atoms with Gasteiger partial charge in [-0.2, -0.15) is 0 Å². The summed E-state index contributed by atoms with van der Waals surface area (Å²) in [6.07, 6.45) is 4.01. The largest absolute Gasteiger partial charge is 0.479 e. The lowest BCUT2D eigenvalue weighted by molar-refractivity contribution is -0.142. The Morgan fingerprint density at radius 2 is 1.75 bits per heavy atom. The lowest BCUT2D eigenvalue weighted by Gasteiger charge is -2.14. The predicted molar refractivity (Wildman–Crippen MR) is 77.1 cm³/mol. The number of benzene rings is 1. The SMILES string of the molecule is NCCCCCCC(=O)N[C@@H](C(=O)O)c1ccccc1. The molecule has 1 rings (SSSR count). The summed E-state index contributed by atoms with van der Waals surface area (Å²) in [7, 11) is 0. The molecule has 0 aliphatic heterocycles. The van der Waals surface area contributed by atoms with E-state index < -0.39 is 12.0 Å². The number of aliphatic carboxylic acids is 1. The normalized spacial score (nSPS) is 11.8. The molecule has 0 saturated carbocycles. The maximum Gasteiger partial charge on any atom is 0.330 e. The van der Waals surface area contributed by atoms with Crippen LogP contribution in [0.25, 0.3) is 0 Å². The molecular formula is C15H22N2O3. The van der Waals surface area contributed by atoms with Crippen molar-refractivity contribution in [2.24, 2.45) is 5.73 Å². The van der Waals surface area contributed by atoms with Crippen molar-refractivity contribution in [2.75, 3.05) is 6.54 Å². The topological polar surface area (TPSA) is 92.4 Å². The van der Waals surface area contributed by atoms with E-state index in [0.29, 0.717) is 18.5 Å². The molecule has 1 aromatic carbocycles. The number of carboxylic acids is 1. The predicted octanol–water partition coefficient (Wildman–Crippen LogP) is 1.84. The van der Waals surface area contributed by atoms with Crippen LogP contribution in [0, 0.1) is 0 Å². The van der Waals surface area contributed by atoms with Crippen molar-refractivity contribution in [3.63, 3.8) is 0 Å². The summed E-state index contributed by atoms with van der Waals surface area (Å²) in [5, 5.41) is 11.7. The van der Waals surface area contributed by atoms with Crippen LogP contribution in [0.2, 0.25) is 0 Å². The number of nitrogens with two attached hydrogens (primary N) is 1. The maximum atomic E-state index is 11.8. The summed E-state index contributed by atoms with van der Waals surface area (Å²) in [4.78, 5) is 23.0. The molecule has 5 nitrogen and oxygen atoms in total. The van der Waals surface area contributed by atoms with Crippen molar-refractivity contribution < 1.29 is 14.7 Å². The molecule has 0 spiro atoms.